The van der Waals surface area contributed by atoms with E-state index in [1.54, 1.807) is 48.5 Å². The molecule has 8 heteroatoms. The van der Waals surface area contributed by atoms with E-state index in [4.69, 9.17) is 32.4 Å². The molecule has 152 valence electrons. The summed E-state index contributed by atoms with van der Waals surface area (Å²) in [4.78, 5) is 27.2. The molecular formula is C22H15Cl2NO5. The molecule has 0 spiro atoms. The molecule has 1 N–H and O–H groups in total. The lowest BCUT2D eigenvalue weighted by atomic mass is 9.99. The molecule has 1 saturated heterocycles. The zero-order valence-corrected chi connectivity index (χ0v) is 17.1. The summed E-state index contributed by atoms with van der Waals surface area (Å²) in [5.74, 6) is -1.30. The summed E-state index contributed by atoms with van der Waals surface area (Å²) in [6, 6.07) is 13.4. The number of nitrogens with zero attached hydrogens (tertiary/aromatic N) is 1. The molecule has 6 nitrogen and oxygen atoms in total. The lowest BCUT2D eigenvalue weighted by molar-refractivity contribution is -0.132. The van der Waals surface area contributed by atoms with Gasteiger partial charge in [-0.1, -0.05) is 29.3 Å². The maximum Gasteiger partial charge on any atom is 0.300 e. The summed E-state index contributed by atoms with van der Waals surface area (Å²) in [5.41, 5.74) is 0.551. The summed E-state index contributed by atoms with van der Waals surface area (Å²) in [7, 11) is 1.47. The maximum atomic E-state index is 13.0. The number of methoxy groups -OCH3 is 1. The zero-order chi connectivity index (χ0) is 21.4. The second-order valence-electron chi connectivity index (χ2n) is 6.51. The van der Waals surface area contributed by atoms with Crippen LogP contribution in [0.2, 0.25) is 10.0 Å². The van der Waals surface area contributed by atoms with Gasteiger partial charge in [-0.05, 0) is 48.5 Å². The van der Waals surface area contributed by atoms with Gasteiger partial charge in [-0.15, -0.1) is 0 Å². The molecule has 4 rings (SSSR count). The smallest absolute Gasteiger partial charge is 0.300 e. The summed E-state index contributed by atoms with van der Waals surface area (Å²) >= 11 is 12.3. The van der Waals surface area contributed by atoms with E-state index < -0.39 is 17.7 Å². The number of furan rings is 1. The topological polar surface area (TPSA) is 80.0 Å². The van der Waals surface area contributed by atoms with Crippen LogP contribution in [-0.2, 0) is 9.59 Å². The Morgan fingerprint density at radius 3 is 2.53 bits per heavy atom. The summed E-state index contributed by atoms with van der Waals surface area (Å²) in [5, 5.41) is 11.6. The van der Waals surface area contributed by atoms with Crippen molar-refractivity contribution in [3.05, 3.63) is 87.8 Å². The predicted octanol–water partition coefficient (Wildman–Crippen LogP) is 5.22. The Morgan fingerprint density at radius 2 is 1.90 bits per heavy atom. The van der Waals surface area contributed by atoms with Gasteiger partial charge < -0.3 is 14.3 Å². The van der Waals surface area contributed by atoms with Crippen LogP contribution in [0.25, 0.3) is 5.76 Å². The number of hydrogen-bond donors (Lipinski definition) is 1. The van der Waals surface area contributed by atoms with E-state index >= 15 is 0 Å². The first-order valence-electron chi connectivity index (χ1n) is 8.86. The summed E-state index contributed by atoms with van der Waals surface area (Å²) in [6.45, 7) is 0. The molecule has 3 aromatic rings. The Labute approximate surface area is 181 Å². The highest BCUT2D eigenvalue weighted by Crippen LogP contribution is 2.43. The highest BCUT2D eigenvalue weighted by molar-refractivity contribution is 6.51. The molecule has 0 bridgehead atoms. The van der Waals surface area contributed by atoms with Gasteiger partial charge in [-0.25, -0.2) is 0 Å². The monoisotopic (exact) mass is 443 g/mol. The van der Waals surface area contributed by atoms with Crippen molar-refractivity contribution in [2.45, 2.75) is 6.04 Å². The largest absolute Gasteiger partial charge is 0.507 e. The van der Waals surface area contributed by atoms with Crippen LogP contribution in [0.3, 0.4) is 0 Å². The number of Topliss-reactive ketones (excluding diaryl/α,β-unsaturated/α-hetero) is 1. The van der Waals surface area contributed by atoms with Crippen LogP contribution < -0.4 is 9.64 Å². The van der Waals surface area contributed by atoms with Crippen molar-refractivity contribution in [3.63, 3.8) is 0 Å². The molecule has 1 amide bonds. The number of ether oxygens (including phenoxy) is 1. The highest BCUT2D eigenvalue weighted by atomic mass is 35.5. The van der Waals surface area contributed by atoms with Gasteiger partial charge in [0, 0.05) is 16.3 Å². The molecule has 30 heavy (non-hydrogen) atoms. The number of anilines is 1. The van der Waals surface area contributed by atoms with Crippen LogP contribution in [0.1, 0.15) is 17.4 Å². The number of halogens is 2. The van der Waals surface area contributed by atoms with Gasteiger partial charge in [0.15, 0.2) is 0 Å². The van der Waals surface area contributed by atoms with Crippen molar-refractivity contribution in [1.82, 2.24) is 0 Å². The number of ketones is 1. The van der Waals surface area contributed by atoms with E-state index in [-0.39, 0.29) is 21.9 Å². The van der Waals surface area contributed by atoms with E-state index in [9.17, 15) is 14.7 Å². The van der Waals surface area contributed by atoms with Crippen LogP contribution in [0.4, 0.5) is 5.69 Å². The molecule has 0 saturated carbocycles. The van der Waals surface area contributed by atoms with Crippen LogP contribution in [0.5, 0.6) is 5.75 Å². The van der Waals surface area contributed by atoms with Crippen LogP contribution in [0.15, 0.2) is 70.9 Å². The van der Waals surface area contributed by atoms with Gasteiger partial charge in [0.25, 0.3) is 11.7 Å². The fourth-order valence-corrected chi connectivity index (χ4v) is 3.85. The molecule has 1 unspecified atom stereocenters. The summed E-state index contributed by atoms with van der Waals surface area (Å²) in [6.07, 6.45) is 1.43. The number of aliphatic hydroxyl groups is 1. The number of hydrogen-bond acceptors (Lipinski definition) is 5. The van der Waals surface area contributed by atoms with Crippen LogP contribution in [-0.4, -0.2) is 23.9 Å². The number of carbonyl (C=O) groups excluding carboxylic acids is 2. The third kappa shape index (κ3) is 3.34. The molecule has 2 heterocycles. The van der Waals surface area contributed by atoms with E-state index in [1.165, 1.54) is 24.3 Å². The van der Waals surface area contributed by atoms with Gasteiger partial charge in [0.05, 0.1) is 24.0 Å². The van der Waals surface area contributed by atoms with Gasteiger partial charge in [0.2, 0.25) is 0 Å². The van der Waals surface area contributed by atoms with E-state index in [2.05, 4.69) is 0 Å². The van der Waals surface area contributed by atoms with Gasteiger partial charge >= 0.3 is 0 Å². The van der Waals surface area contributed by atoms with Crippen molar-refractivity contribution in [3.8, 4) is 5.75 Å². The standard InChI is InChI=1S/C22H15Cl2NO5/c1-29-16-8-7-12(10-15(16)24)20(26)18-19(17-6-3-9-30-17)25(22(28)21(18)27)14-5-2-4-13(23)11-14/h2-11,19,26H,1H3/b20-18-. The molecule has 1 fully saturated rings. The third-order valence-electron chi connectivity index (χ3n) is 4.77. The Hall–Kier alpha value is -3.22. The van der Waals surface area contributed by atoms with Crippen LogP contribution >= 0.6 is 23.2 Å². The first kappa shape index (κ1) is 20.1. The average molecular weight is 444 g/mol. The number of amides is 1. The third-order valence-corrected chi connectivity index (χ3v) is 5.30. The number of rotatable bonds is 4. The molecule has 1 aliphatic rings. The Kier molecular flexibility index (Phi) is 5.28. The lowest BCUT2D eigenvalue weighted by Gasteiger charge is -2.23. The minimum absolute atomic E-state index is 0.115. The first-order chi connectivity index (χ1) is 14.4. The maximum absolute atomic E-state index is 13.0. The fraction of sp³-hybridized carbons (Fsp3) is 0.0909. The summed E-state index contributed by atoms with van der Waals surface area (Å²) < 4.78 is 10.6. The van der Waals surface area contributed by atoms with Crippen molar-refractivity contribution < 1.29 is 23.8 Å². The minimum Gasteiger partial charge on any atom is -0.507 e. The second-order valence-corrected chi connectivity index (χ2v) is 7.36. The predicted molar refractivity (Wildman–Crippen MR) is 113 cm³/mol. The Bertz CT molecular complexity index is 1170. The van der Waals surface area contributed by atoms with Crippen molar-refractivity contribution in [2.24, 2.45) is 0 Å². The molecule has 0 radical (unpaired) electrons. The zero-order valence-electron chi connectivity index (χ0n) is 15.6. The van der Waals surface area contributed by atoms with Gasteiger partial charge in [-0.3, -0.25) is 14.5 Å². The molecule has 2 aromatic carbocycles. The first-order valence-corrected chi connectivity index (χ1v) is 9.62. The van der Waals surface area contributed by atoms with E-state index in [0.717, 1.165) is 0 Å². The Balaban J connectivity index is 1.92. The second kappa shape index (κ2) is 7.89. The quantitative estimate of drug-likeness (QED) is 0.339. The Morgan fingerprint density at radius 1 is 1.10 bits per heavy atom. The van der Waals surface area contributed by atoms with Crippen molar-refractivity contribution >= 4 is 46.3 Å². The van der Waals surface area contributed by atoms with E-state index in [1.807, 2.05) is 0 Å². The number of aliphatic hydroxyl groups excluding tert-OH is 1. The molecule has 0 aliphatic carbocycles. The molecular weight excluding hydrogens is 429 g/mol. The molecule has 1 aromatic heterocycles. The normalized spacial score (nSPS) is 18.1. The van der Waals surface area contributed by atoms with Gasteiger partial charge in [-0.2, -0.15) is 0 Å². The highest BCUT2D eigenvalue weighted by Gasteiger charge is 2.48. The molecule has 1 aliphatic heterocycles. The van der Waals surface area contributed by atoms with Crippen molar-refractivity contribution in [2.75, 3.05) is 12.0 Å². The number of benzene rings is 2. The van der Waals surface area contributed by atoms with Crippen molar-refractivity contribution in [1.29, 1.82) is 0 Å². The van der Waals surface area contributed by atoms with E-state index in [0.29, 0.717) is 22.2 Å². The molecule has 1 atom stereocenters. The average Bonchev–Trinajstić information content (AvgIpc) is 3.34. The minimum atomic E-state index is -0.973. The van der Waals surface area contributed by atoms with Crippen LogP contribution in [0, 0.1) is 0 Å². The van der Waals surface area contributed by atoms with Gasteiger partial charge in [0.1, 0.15) is 23.3 Å². The number of carbonyl (C=O) groups is 2. The fourth-order valence-electron chi connectivity index (χ4n) is 3.41. The SMILES string of the molecule is COc1ccc(/C(O)=C2/C(=O)C(=O)N(c3cccc(Cl)c3)C2c2ccco2)cc1Cl. The lowest BCUT2D eigenvalue weighted by Crippen LogP contribution is -2.29.